The lowest BCUT2D eigenvalue weighted by molar-refractivity contribution is -0.131. The summed E-state index contributed by atoms with van der Waals surface area (Å²) in [7, 11) is 0. The topological polar surface area (TPSA) is 45.2 Å². The van der Waals surface area contributed by atoms with Crippen molar-refractivity contribution >= 4 is 22.5 Å². The van der Waals surface area contributed by atoms with E-state index in [4.69, 9.17) is 0 Å². The van der Waals surface area contributed by atoms with Crippen molar-refractivity contribution in [3.8, 4) is 0 Å². The van der Waals surface area contributed by atoms with Crippen molar-refractivity contribution in [2.75, 3.05) is 11.9 Å². The number of anilines is 1. The van der Waals surface area contributed by atoms with Gasteiger partial charge in [-0.05, 0) is 32.9 Å². The predicted octanol–water partition coefficient (Wildman–Crippen LogP) is 3.32. The van der Waals surface area contributed by atoms with Gasteiger partial charge in [-0.15, -0.1) is 0 Å². The number of nitrogens with zero attached hydrogens (tertiary/aromatic N) is 2. The molecule has 1 aliphatic heterocycles. The van der Waals surface area contributed by atoms with Crippen LogP contribution in [-0.2, 0) is 4.79 Å². The van der Waals surface area contributed by atoms with Gasteiger partial charge in [-0.3, -0.25) is 9.78 Å². The summed E-state index contributed by atoms with van der Waals surface area (Å²) in [4.78, 5) is 17.9. The van der Waals surface area contributed by atoms with Crippen molar-refractivity contribution in [3.05, 3.63) is 36.0 Å². The molecule has 4 nitrogen and oxygen atoms in total. The summed E-state index contributed by atoms with van der Waals surface area (Å²) in [5, 5.41) is 3.62. The molecule has 0 radical (unpaired) electrons. The molecule has 1 aromatic heterocycles. The fraction of sp³-hybridized carbons (Fsp3) is 0.412. The fourth-order valence-electron chi connectivity index (χ4n) is 2.98. The quantitative estimate of drug-likeness (QED) is 0.923. The Kier molecular flexibility index (Phi) is 3.70. The van der Waals surface area contributed by atoms with Gasteiger partial charge in [0.25, 0.3) is 0 Å². The molecular weight excluding hydrogens is 300 g/mol. The van der Waals surface area contributed by atoms with Crippen molar-refractivity contribution in [2.45, 2.75) is 38.8 Å². The van der Waals surface area contributed by atoms with Gasteiger partial charge in [0.2, 0.25) is 5.91 Å². The zero-order valence-corrected chi connectivity index (χ0v) is 13.4. The van der Waals surface area contributed by atoms with Crippen LogP contribution in [0, 0.1) is 11.6 Å². The van der Waals surface area contributed by atoms with Gasteiger partial charge in [0.15, 0.2) is 5.82 Å². The predicted molar refractivity (Wildman–Crippen MR) is 85.2 cm³/mol. The summed E-state index contributed by atoms with van der Waals surface area (Å²) in [6.45, 7) is 6.52. The van der Waals surface area contributed by atoms with Crippen LogP contribution in [0.4, 0.5) is 14.5 Å². The first-order chi connectivity index (χ1) is 10.8. The number of pyridine rings is 1. The molecule has 0 bridgehead atoms. The Morgan fingerprint density at radius 3 is 2.70 bits per heavy atom. The highest BCUT2D eigenvalue weighted by Gasteiger charge is 2.36. The molecule has 0 saturated carbocycles. The summed E-state index contributed by atoms with van der Waals surface area (Å²) >= 11 is 0. The molecule has 2 heterocycles. The number of carbonyl (C=O) groups is 1. The second kappa shape index (κ2) is 5.44. The van der Waals surface area contributed by atoms with E-state index in [9.17, 15) is 13.6 Å². The Morgan fingerprint density at radius 1 is 1.30 bits per heavy atom. The largest absolute Gasteiger partial charge is 0.379 e. The van der Waals surface area contributed by atoms with E-state index < -0.39 is 11.6 Å². The maximum absolute atomic E-state index is 13.8. The summed E-state index contributed by atoms with van der Waals surface area (Å²) in [6, 6.07) is 3.65. The van der Waals surface area contributed by atoms with Crippen molar-refractivity contribution in [2.24, 2.45) is 0 Å². The maximum atomic E-state index is 13.8. The van der Waals surface area contributed by atoms with E-state index in [-0.39, 0.29) is 23.0 Å². The number of benzene rings is 1. The van der Waals surface area contributed by atoms with E-state index in [0.29, 0.717) is 24.0 Å². The average molecular weight is 319 g/mol. The third-order valence-electron chi connectivity index (χ3n) is 4.06. The number of likely N-dealkylation sites (tertiary alicyclic amines) is 1. The third kappa shape index (κ3) is 2.98. The molecule has 0 aliphatic carbocycles. The summed E-state index contributed by atoms with van der Waals surface area (Å²) in [5.74, 6) is -1.27. The van der Waals surface area contributed by atoms with Gasteiger partial charge in [-0.25, -0.2) is 8.78 Å². The number of halogens is 2. The molecule has 1 saturated heterocycles. The highest BCUT2D eigenvalue weighted by molar-refractivity contribution is 5.92. The lowest BCUT2D eigenvalue weighted by Gasteiger charge is -2.32. The standard InChI is InChI=1S/C17H19F2N3O/c1-17(2,3)22-9-11(8-15(22)23)21-14-4-5-20-16-12(14)6-10(18)7-13(16)19/h4-7,11H,8-9H2,1-3H3,(H,20,21). The van der Waals surface area contributed by atoms with Crippen molar-refractivity contribution < 1.29 is 13.6 Å². The number of amides is 1. The number of rotatable bonds is 2. The van der Waals surface area contributed by atoms with Crippen LogP contribution in [0.3, 0.4) is 0 Å². The van der Waals surface area contributed by atoms with Crippen LogP contribution in [0.1, 0.15) is 27.2 Å². The van der Waals surface area contributed by atoms with E-state index in [2.05, 4.69) is 10.3 Å². The Morgan fingerprint density at radius 2 is 2.04 bits per heavy atom. The molecule has 2 aromatic rings. The molecule has 1 unspecified atom stereocenters. The van der Waals surface area contributed by atoms with Crippen LogP contribution in [0.25, 0.3) is 10.9 Å². The number of nitrogens with one attached hydrogen (secondary N) is 1. The van der Waals surface area contributed by atoms with Gasteiger partial charge in [-0.2, -0.15) is 0 Å². The Bertz CT molecular complexity index is 770. The van der Waals surface area contributed by atoms with Gasteiger partial charge < -0.3 is 10.2 Å². The molecule has 1 amide bonds. The summed E-state index contributed by atoms with van der Waals surface area (Å²) < 4.78 is 27.3. The molecule has 122 valence electrons. The van der Waals surface area contributed by atoms with Crippen LogP contribution in [-0.4, -0.2) is 33.9 Å². The number of hydrogen-bond acceptors (Lipinski definition) is 3. The molecule has 3 rings (SSSR count). The van der Waals surface area contributed by atoms with Crippen molar-refractivity contribution in [1.82, 2.24) is 9.88 Å². The first-order valence-corrected chi connectivity index (χ1v) is 7.56. The molecule has 1 fully saturated rings. The van der Waals surface area contributed by atoms with E-state index >= 15 is 0 Å². The molecule has 1 N–H and O–H groups in total. The van der Waals surface area contributed by atoms with Crippen molar-refractivity contribution in [3.63, 3.8) is 0 Å². The van der Waals surface area contributed by atoms with Crippen LogP contribution in [0.2, 0.25) is 0 Å². The minimum atomic E-state index is -0.692. The second-order valence-electron chi connectivity index (χ2n) is 6.86. The summed E-state index contributed by atoms with van der Waals surface area (Å²) in [6.07, 6.45) is 1.84. The molecule has 1 atom stereocenters. The van der Waals surface area contributed by atoms with Gasteiger partial charge in [0.05, 0.1) is 6.04 Å². The molecule has 1 aromatic carbocycles. The second-order valence-corrected chi connectivity index (χ2v) is 6.86. The number of aromatic nitrogens is 1. The smallest absolute Gasteiger partial charge is 0.225 e. The zero-order chi connectivity index (χ0) is 16.8. The highest BCUT2D eigenvalue weighted by atomic mass is 19.1. The van der Waals surface area contributed by atoms with Gasteiger partial charge >= 0.3 is 0 Å². The average Bonchev–Trinajstić information content (AvgIpc) is 2.80. The Hall–Kier alpha value is -2.24. The molecule has 6 heteroatoms. The molecule has 1 aliphatic rings. The van der Waals surface area contributed by atoms with Gasteiger partial charge in [0.1, 0.15) is 11.3 Å². The van der Waals surface area contributed by atoms with Crippen LogP contribution in [0.15, 0.2) is 24.4 Å². The van der Waals surface area contributed by atoms with E-state index in [1.54, 1.807) is 6.07 Å². The van der Waals surface area contributed by atoms with E-state index in [0.717, 1.165) is 6.07 Å². The lowest BCUT2D eigenvalue weighted by Crippen LogP contribution is -2.43. The lowest BCUT2D eigenvalue weighted by atomic mass is 10.1. The molecular formula is C17H19F2N3O. The van der Waals surface area contributed by atoms with E-state index in [1.807, 2.05) is 25.7 Å². The number of fused-ring (bicyclic) bond motifs is 1. The van der Waals surface area contributed by atoms with Crippen LogP contribution in [0.5, 0.6) is 0 Å². The Balaban J connectivity index is 1.90. The fourth-order valence-corrected chi connectivity index (χ4v) is 2.98. The number of hydrogen-bond donors (Lipinski definition) is 1. The van der Waals surface area contributed by atoms with Crippen LogP contribution >= 0.6 is 0 Å². The van der Waals surface area contributed by atoms with Gasteiger partial charge in [0, 0.05) is 41.8 Å². The number of carbonyl (C=O) groups excluding carboxylic acids is 1. The first-order valence-electron chi connectivity index (χ1n) is 7.56. The summed E-state index contributed by atoms with van der Waals surface area (Å²) in [5.41, 5.74) is 0.460. The molecule has 23 heavy (non-hydrogen) atoms. The normalized spacial score (nSPS) is 18.7. The minimum Gasteiger partial charge on any atom is -0.379 e. The van der Waals surface area contributed by atoms with Gasteiger partial charge in [-0.1, -0.05) is 0 Å². The SMILES string of the molecule is CC(C)(C)N1CC(Nc2ccnc3c(F)cc(F)cc23)CC1=O. The van der Waals surface area contributed by atoms with Crippen molar-refractivity contribution in [1.29, 1.82) is 0 Å². The first kappa shape index (κ1) is 15.6. The monoisotopic (exact) mass is 319 g/mol. The minimum absolute atomic E-state index is 0.0747. The maximum Gasteiger partial charge on any atom is 0.225 e. The third-order valence-corrected chi connectivity index (χ3v) is 4.06. The Labute approximate surface area is 133 Å². The zero-order valence-electron chi connectivity index (χ0n) is 13.4. The van der Waals surface area contributed by atoms with E-state index in [1.165, 1.54) is 12.3 Å². The molecule has 0 spiro atoms. The highest BCUT2D eigenvalue weighted by Crippen LogP contribution is 2.28. The van der Waals surface area contributed by atoms with Crippen LogP contribution < -0.4 is 5.32 Å².